The highest BCUT2D eigenvalue weighted by atomic mass is 32.1. The number of benzene rings is 2. The molecule has 2 amide bonds. The molecule has 2 aromatic rings. The average molecular weight is 356 g/mol. The summed E-state index contributed by atoms with van der Waals surface area (Å²) in [6.07, 6.45) is 0.858. The molecule has 25 heavy (non-hydrogen) atoms. The molecule has 0 saturated carbocycles. The molecule has 4 nitrogen and oxygen atoms in total. The van der Waals surface area contributed by atoms with Crippen LogP contribution < -0.4 is 5.32 Å². The smallest absolute Gasteiger partial charge is 0.318 e. The van der Waals surface area contributed by atoms with Gasteiger partial charge >= 0.3 is 6.03 Å². The van der Waals surface area contributed by atoms with E-state index in [1.54, 1.807) is 0 Å². The third-order valence-corrected chi connectivity index (χ3v) is 4.74. The predicted molar refractivity (Wildman–Crippen MR) is 103 cm³/mol. The lowest BCUT2D eigenvalue weighted by molar-refractivity contribution is 0.0754. The predicted octanol–water partition coefficient (Wildman–Crippen LogP) is 3.49. The number of hydrogen-bond donors (Lipinski definition) is 2. The highest BCUT2D eigenvalue weighted by Gasteiger charge is 2.33. The molecule has 0 spiro atoms. The van der Waals surface area contributed by atoms with Crippen LogP contribution in [0.2, 0.25) is 0 Å². The number of carbonyl (C=O) groups excluding carboxylic acids is 1. The van der Waals surface area contributed by atoms with E-state index in [1.165, 1.54) is 0 Å². The van der Waals surface area contributed by atoms with Gasteiger partial charge in [0.2, 0.25) is 0 Å². The summed E-state index contributed by atoms with van der Waals surface area (Å²) < 4.78 is 5.84. The molecule has 2 aromatic carbocycles. The van der Waals surface area contributed by atoms with Gasteiger partial charge in [-0.1, -0.05) is 60.7 Å². The SMILES string of the molecule is O=C(NCc1ccccc1)N1C[C@H](S)C[C@H]1COCc1ccccc1. The van der Waals surface area contributed by atoms with Crippen molar-refractivity contribution in [2.45, 2.75) is 30.9 Å². The summed E-state index contributed by atoms with van der Waals surface area (Å²) in [7, 11) is 0. The van der Waals surface area contributed by atoms with Crippen molar-refractivity contribution >= 4 is 18.7 Å². The van der Waals surface area contributed by atoms with Crippen molar-refractivity contribution in [2.24, 2.45) is 0 Å². The van der Waals surface area contributed by atoms with Gasteiger partial charge in [0.15, 0.2) is 0 Å². The lowest BCUT2D eigenvalue weighted by atomic mass is 10.2. The Bertz CT molecular complexity index is 666. The lowest BCUT2D eigenvalue weighted by Crippen LogP contribution is -2.44. The molecule has 5 heteroatoms. The van der Waals surface area contributed by atoms with E-state index in [-0.39, 0.29) is 17.3 Å². The van der Waals surface area contributed by atoms with Crippen molar-refractivity contribution in [1.82, 2.24) is 10.2 Å². The number of ether oxygens (including phenoxy) is 1. The van der Waals surface area contributed by atoms with Gasteiger partial charge in [0, 0.05) is 18.3 Å². The number of amides is 2. The highest BCUT2D eigenvalue weighted by molar-refractivity contribution is 7.81. The van der Waals surface area contributed by atoms with Crippen molar-refractivity contribution in [3.8, 4) is 0 Å². The number of urea groups is 1. The van der Waals surface area contributed by atoms with Gasteiger partial charge in [0.25, 0.3) is 0 Å². The largest absolute Gasteiger partial charge is 0.375 e. The van der Waals surface area contributed by atoms with Crippen LogP contribution in [0.1, 0.15) is 17.5 Å². The molecule has 0 radical (unpaired) electrons. The van der Waals surface area contributed by atoms with Crippen LogP contribution in [0.25, 0.3) is 0 Å². The first-order chi connectivity index (χ1) is 12.2. The van der Waals surface area contributed by atoms with E-state index in [4.69, 9.17) is 4.74 Å². The number of likely N-dealkylation sites (tertiary alicyclic amines) is 1. The van der Waals surface area contributed by atoms with E-state index in [0.717, 1.165) is 17.5 Å². The molecule has 1 N–H and O–H groups in total. The van der Waals surface area contributed by atoms with E-state index >= 15 is 0 Å². The average Bonchev–Trinajstić information content (AvgIpc) is 3.02. The molecule has 1 fully saturated rings. The van der Waals surface area contributed by atoms with E-state index in [9.17, 15) is 4.79 Å². The summed E-state index contributed by atoms with van der Waals surface area (Å²) >= 11 is 4.56. The molecular weight excluding hydrogens is 332 g/mol. The summed E-state index contributed by atoms with van der Waals surface area (Å²) in [6.45, 7) is 2.28. The van der Waals surface area contributed by atoms with Crippen LogP contribution in [0, 0.1) is 0 Å². The third kappa shape index (κ3) is 5.25. The Hall–Kier alpha value is -1.98. The van der Waals surface area contributed by atoms with E-state index in [1.807, 2.05) is 65.6 Å². The summed E-state index contributed by atoms with van der Waals surface area (Å²) in [5.74, 6) is 0. The number of rotatable bonds is 6. The number of nitrogens with zero attached hydrogens (tertiary/aromatic N) is 1. The second-order valence-electron chi connectivity index (χ2n) is 6.34. The fourth-order valence-electron chi connectivity index (χ4n) is 3.06. The van der Waals surface area contributed by atoms with Crippen molar-refractivity contribution < 1.29 is 9.53 Å². The van der Waals surface area contributed by atoms with Gasteiger partial charge in [0.1, 0.15) is 0 Å². The van der Waals surface area contributed by atoms with Crippen molar-refractivity contribution in [1.29, 1.82) is 0 Å². The molecule has 1 aliphatic heterocycles. The fraction of sp³-hybridized carbons (Fsp3) is 0.350. The fourth-order valence-corrected chi connectivity index (χ4v) is 3.48. The Labute approximate surface area is 154 Å². The maximum absolute atomic E-state index is 12.5. The van der Waals surface area contributed by atoms with Crippen LogP contribution >= 0.6 is 12.6 Å². The van der Waals surface area contributed by atoms with Crippen LogP contribution in [-0.2, 0) is 17.9 Å². The first kappa shape index (κ1) is 17.8. The summed E-state index contributed by atoms with van der Waals surface area (Å²) in [6, 6.07) is 20.0. The summed E-state index contributed by atoms with van der Waals surface area (Å²) in [4.78, 5) is 14.4. The number of hydrogen-bond acceptors (Lipinski definition) is 3. The molecule has 1 heterocycles. The third-order valence-electron chi connectivity index (χ3n) is 4.36. The van der Waals surface area contributed by atoms with Gasteiger partial charge in [-0.2, -0.15) is 12.6 Å². The molecule has 2 atom stereocenters. The maximum Gasteiger partial charge on any atom is 0.318 e. The van der Waals surface area contributed by atoms with Gasteiger partial charge in [0.05, 0.1) is 19.3 Å². The van der Waals surface area contributed by atoms with Crippen molar-refractivity contribution in [3.63, 3.8) is 0 Å². The number of thiol groups is 1. The quantitative estimate of drug-likeness (QED) is 0.778. The Morgan fingerprint density at radius 3 is 2.40 bits per heavy atom. The zero-order valence-corrected chi connectivity index (χ0v) is 15.1. The number of carbonyl (C=O) groups is 1. The normalized spacial score (nSPS) is 19.8. The van der Waals surface area contributed by atoms with Gasteiger partial charge in [-0.15, -0.1) is 0 Å². The van der Waals surface area contributed by atoms with Gasteiger partial charge in [-0.05, 0) is 17.5 Å². The van der Waals surface area contributed by atoms with Crippen LogP contribution in [0.4, 0.5) is 4.79 Å². The topological polar surface area (TPSA) is 41.6 Å². The molecule has 1 aliphatic rings. The Morgan fingerprint density at radius 2 is 1.72 bits per heavy atom. The highest BCUT2D eigenvalue weighted by Crippen LogP contribution is 2.22. The van der Waals surface area contributed by atoms with E-state index < -0.39 is 0 Å². The molecule has 3 rings (SSSR count). The van der Waals surface area contributed by atoms with Crippen LogP contribution in [0.15, 0.2) is 60.7 Å². The van der Waals surface area contributed by atoms with Crippen molar-refractivity contribution in [3.05, 3.63) is 71.8 Å². The standard InChI is InChI=1S/C20H24N2O2S/c23-20(21-12-16-7-3-1-4-8-16)22-13-19(25)11-18(22)15-24-14-17-9-5-2-6-10-17/h1-10,18-19,25H,11-15H2,(H,21,23)/t18-,19+/m0/s1. The van der Waals surface area contributed by atoms with Crippen LogP contribution in [-0.4, -0.2) is 35.4 Å². The second kappa shape index (κ2) is 8.92. The number of nitrogens with one attached hydrogen (secondary N) is 1. The minimum Gasteiger partial charge on any atom is -0.375 e. The first-order valence-electron chi connectivity index (χ1n) is 8.60. The molecule has 1 saturated heterocycles. The van der Waals surface area contributed by atoms with Gasteiger partial charge in [-0.3, -0.25) is 0 Å². The van der Waals surface area contributed by atoms with Crippen LogP contribution in [0.3, 0.4) is 0 Å². The Balaban J connectivity index is 1.49. The van der Waals surface area contributed by atoms with E-state index in [0.29, 0.717) is 26.3 Å². The monoisotopic (exact) mass is 356 g/mol. The van der Waals surface area contributed by atoms with E-state index in [2.05, 4.69) is 17.9 Å². The Kier molecular flexibility index (Phi) is 6.36. The molecule has 0 aliphatic carbocycles. The molecule has 0 unspecified atom stereocenters. The van der Waals surface area contributed by atoms with Gasteiger partial charge < -0.3 is 15.0 Å². The summed E-state index contributed by atoms with van der Waals surface area (Å²) in [5.41, 5.74) is 2.23. The minimum absolute atomic E-state index is 0.0475. The molecule has 0 bridgehead atoms. The first-order valence-corrected chi connectivity index (χ1v) is 9.12. The molecular formula is C20H24N2O2S. The minimum atomic E-state index is -0.0475. The van der Waals surface area contributed by atoms with Crippen LogP contribution in [0.5, 0.6) is 0 Å². The maximum atomic E-state index is 12.5. The lowest BCUT2D eigenvalue weighted by Gasteiger charge is -2.25. The molecule has 132 valence electrons. The second-order valence-corrected chi connectivity index (χ2v) is 7.07. The summed E-state index contributed by atoms with van der Waals surface area (Å²) in [5, 5.41) is 3.20. The van der Waals surface area contributed by atoms with Gasteiger partial charge in [-0.25, -0.2) is 4.79 Å². The zero-order valence-electron chi connectivity index (χ0n) is 14.2. The Morgan fingerprint density at radius 1 is 1.08 bits per heavy atom. The van der Waals surface area contributed by atoms with Crippen molar-refractivity contribution in [2.75, 3.05) is 13.2 Å². The molecule has 0 aromatic heterocycles. The zero-order chi connectivity index (χ0) is 17.5.